The van der Waals surface area contributed by atoms with Crippen molar-refractivity contribution in [3.8, 4) is 6.07 Å². The summed E-state index contributed by atoms with van der Waals surface area (Å²) in [6.07, 6.45) is 0. The maximum atomic E-state index is 8.49. The second-order valence-electron chi connectivity index (χ2n) is 1.95. The van der Waals surface area contributed by atoms with Crippen LogP contribution in [0.2, 0.25) is 0 Å². The van der Waals surface area contributed by atoms with E-state index in [1.807, 2.05) is 18.2 Å². The van der Waals surface area contributed by atoms with Crippen molar-refractivity contribution in [1.29, 1.82) is 5.26 Å². The molecule has 1 rings (SSSR count). The summed E-state index contributed by atoms with van der Waals surface area (Å²) in [5.74, 6) is 0. The van der Waals surface area contributed by atoms with Gasteiger partial charge in [0.1, 0.15) is 0 Å². The van der Waals surface area contributed by atoms with Gasteiger partial charge in [-0.3, -0.25) is 0 Å². The van der Waals surface area contributed by atoms with Crippen molar-refractivity contribution in [3.63, 3.8) is 0 Å². The number of nitrogens with zero attached hydrogens (tertiary/aromatic N) is 1. The third-order valence-corrected chi connectivity index (χ3v) is 1.86. The zero-order valence-corrected chi connectivity index (χ0v) is 10.6. The van der Waals surface area contributed by atoms with Gasteiger partial charge in [-0.15, -0.1) is 0 Å². The second-order valence-corrected chi connectivity index (χ2v) is 2.51. The van der Waals surface area contributed by atoms with Crippen molar-refractivity contribution in [2.24, 2.45) is 0 Å². The molecule has 0 saturated carbocycles. The number of hydrogen-bond acceptors (Lipinski definition) is 1. The Morgan fingerprint density at radius 2 is 2.18 bits per heavy atom. The van der Waals surface area contributed by atoms with Crippen molar-refractivity contribution in [1.82, 2.24) is 0 Å². The van der Waals surface area contributed by atoms with E-state index >= 15 is 0 Å². The molecule has 0 fully saturated rings. The van der Waals surface area contributed by atoms with Crippen LogP contribution in [0.15, 0.2) is 24.3 Å². The normalized spacial score (nSPS) is 8.00. The van der Waals surface area contributed by atoms with Crippen molar-refractivity contribution in [2.75, 3.05) is 0 Å². The zero-order valence-electron chi connectivity index (χ0n) is 6.05. The Morgan fingerprint density at radius 3 is 2.73 bits per heavy atom. The maximum absolute atomic E-state index is 8.49. The summed E-state index contributed by atoms with van der Waals surface area (Å²) in [6.45, 7) is 0. The monoisotopic (exact) mass is 259 g/mol. The third-order valence-electron chi connectivity index (χ3n) is 1.21. The smallest absolute Gasteiger partial charge is 0.192 e. The minimum Gasteiger partial charge on any atom is -0.192 e. The van der Waals surface area contributed by atoms with Crippen LogP contribution in [-0.2, 0) is 24.8 Å². The Bertz CT molecular complexity index is 267. The predicted molar refractivity (Wildman–Crippen MR) is 43.8 cm³/mol. The van der Waals surface area contributed by atoms with Gasteiger partial charge >= 0.3 is 19.5 Å². The van der Waals surface area contributed by atoms with E-state index in [1.54, 1.807) is 6.07 Å². The molecular weight excluding hydrogens is 255 g/mol. The molecule has 0 spiro atoms. The Labute approximate surface area is 87.3 Å². The average Bonchev–Trinajstić information content (AvgIpc) is 2.05. The molecule has 0 unspecified atom stereocenters. The molecule has 3 heteroatoms. The molecule has 1 aromatic rings. The van der Waals surface area contributed by atoms with E-state index in [0.29, 0.717) is 0 Å². The summed E-state index contributed by atoms with van der Waals surface area (Å²) in [5, 5.41) is 9.30. The van der Waals surface area contributed by atoms with Gasteiger partial charge in [0.05, 0.1) is 11.6 Å². The van der Waals surface area contributed by atoms with Gasteiger partial charge in [0.25, 0.3) is 0 Å². The standard InChI is InChI=1S/C8H6BrN.Zn/c9-5-7-2-1-3-8(4-7)6-10;/h1-4H,5H2;/q;+2. The van der Waals surface area contributed by atoms with Crippen molar-refractivity contribution >= 4 is 15.9 Å². The van der Waals surface area contributed by atoms with E-state index in [-0.39, 0.29) is 19.5 Å². The van der Waals surface area contributed by atoms with Gasteiger partial charge in [-0.2, -0.15) is 5.26 Å². The van der Waals surface area contributed by atoms with Crippen LogP contribution in [0.4, 0.5) is 0 Å². The van der Waals surface area contributed by atoms with Gasteiger partial charge in [0, 0.05) is 5.33 Å². The summed E-state index contributed by atoms with van der Waals surface area (Å²) in [4.78, 5) is 0. The Kier molecular flexibility index (Phi) is 5.37. The number of rotatable bonds is 1. The molecule has 11 heavy (non-hydrogen) atoms. The molecule has 0 N–H and O–H groups in total. The molecule has 50 valence electrons. The molecule has 0 aromatic heterocycles. The number of alkyl halides is 1. The van der Waals surface area contributed by atoms with Gasteiger partial charge in [-0.05, 0) is 17.7 Å². The topological polar surface area (TPSA) is 23.8 Å². The largest absolute Gasteiger partial charge is 2.00 e. The fraction of sp³-hybridized carbons (Fsp3) is 0.125. The first kappa shape index (κ1) is 10.8. The second kappa shape index (κ2) is 5.46. The molecule has 0 radical (unpaired) electrons. The molecular formula is C8H6BrNZn+2. The summed E-state index contributed by atoms with van der Waals surface area (Å²) in [7, 11) is 0. The van der Waals surface area contributed by atoms with Crippen LogP contribution in [0, 0.1) is 11.3 Å². The van der Waals surface area contributed by atoms with E-state index in [9.17, 15) is 0 Å². The average molecular weight is 261 g/mol. The fourth-order valence-corrected chi connectivity index (χ4v) is 1.07. The molecule has 0 saturated heterocycles. The minimum absolute atomic E-state index is 0. The van der Waals surface area contributed by atoms with E-state index in [2.05, 4.69) is 22.0 Å². The molecule has 1 nitrogen and oxygen atoms in total. The molecule has 0 aliphatic carbocycles. The first-order chi connectivity index (χ1) is 4.86. The zero-order chi connectivity index (χ0) is 7.40. The Balaban J connectivity index is 0.000001000. The number of benzene rings is 1. The van der Waals surface area contributed by atoms with Gasteiger partial charge in [-0.1, -0.05) is 28.1 Å². The number of nitriles is 1. The van der Waals surface area contributed by atoms with Crippen LogP contribution in [0.1, 0.15) is 11.1 Å². The van der Waals surface area contributed by atoms with Crippen molar-refractivity contribution in [3.05, 3.63) is 35.4 Å². The van der Waals surface area contributed by atoms with Crippen molar-refractivity contribution < 1.29 is 19.5 Å². The first-order valence-electron chi connectivity index (χ1n) is 2.92. The molecule has 0 bridgehead atoms. The number of hydrogen-bond donors (Lipinski definition) is 0. The van der Waals surface area contributed by atoms with Crippen LogP contribution in [0.25, 0.3) is 0 Å². The summed E-state index contributed by atoms with van der Waals surface area (Å²) in [6, 6.07) is 9.61. The fourth-order valence-electron chi connectivity index (χ4n) is 0.724. The van der Waals surface area contributed by atoms with E-state index in [4.69, 9.17) is 5.26 Å². The summed E-state index contributed by atoms with van der Waals surface area (Å²) < 4.78 is 0. The minimum atomic E-state index is 0. The van der Waals surface area contributed by atoms with Gasteiger partial charge < -0.3 is 0 Å². The molecule has 1 aromatic carbocycles. The number of halogens is 1. The molecule has 0 aliphatic rings. The van der Waals surface area contributed by atoms with Crippen molar-refractivity contribution in [2.45, 2.75) is 5.33 Å². The van der Waals surface area contributed by atoms with Gasteiger partial charge in [0.2, 0.25) is 0 Å². The van der Waals surface area contributed by atoms with E-state index in [1.165, 1.54) is 0 Å². The van der Waals surface area contributed by atoms with Gasteiger partial charge in [0.15, 0.2) is 0 Å². The predicted octanol–water partition coefficient (Wildman–Crippen LogP) is 2.45. The molecule has 0 heterocycles. The quantitative estimate of drug-likeness (QED) is 0.563. The van der Waals surface area contributed by atoms with Crippen LogP contribution >= 0.6 is 15.9 Å². The van der Waals surface area contributed by atoms with Crippen LogP contribution < -0.4 is 0 Å². The molecule has 0 aliphatic heterocycles. The summed E-state index contributed by atoms with van der Waals surface area (Å²) in [5.41, 5.74) is 1.86. The van der Waals surface area contributed by atoms with Crippen LogP contribution in [0.5, 0.6) is 0 Å². The maximum Gasteiger partial charge on any atom is 2.00 e. The molecule has 0 atom stereocenters. The van der Waals surface area contributed by atoms with Crippen LogP contribution in [-0.4, -0.2) is 0 Å². The van der Waals surface area contributed by atoms with Gasteiger partial charge in [-0.25, -0.2) is 0 Å². The molecule has 0 amide bonds. The SMILES string of the molecule is N#Cc1cccc(CBr)c1.[Zn+2]. The first-order valence-corrected chi connectivity index (χ1v) is 4.04. The Hall–Kier alpha value is -0.187. The Morgan fingerprint density at radius 1 is 1.45 bits per heavy atom. The van der Waals surface area contributed by atoms with Crippen LogP contribution in [0.3, 0.4) is 0 Å². The third kappa shape index (κ3) is 3.14. The summed E-state index contributed by atoms with van der Waals surface area (Å²) >= 11 is 3.31. The van der Waals surface area contributed by atoms with E-state index in [0.717, 1.165) is 16.5 Å². The van der Waals surface area contributed by atoms with E-state index < -0.39 is 0 Å².